The number of nitrogens with zero attached hydrogens (tertiary/aromatic N) is 4. The van der Waals surface area contributed by atoms with Crippen LogP contribution in [0.25, 0.3) is 0 Å². The normalized spacial score (nSPS) is 13.9. The molecule has 19 heavy (non-hydrogen) atoms. The Labute approximate surface area is 117 Å². The Morgan fingerprint density at radius 1 is 1.21 bits per heavy atom. The van der Waals surface area contributed by atoms with E-state index in [1.165, 1.54) is 6.21 Å². The van der Waals surface area contributed by atoms with Gasteiger partial charge in [-0.1, -0.05) is 22.0 Å². The first-order valence-electron chi connectivity index (χ1n) is 4.99. The topological polar surface area (TPSA) is 43.1 Å². The minimum Gasteiger partial charge on any atom is -0.182 e. The zero-order chi connectivity index (χ0) is 13.6. The van der Waals surface area contributed by atoms with Crippen LogP contribution < -0.4 is 0 Å². The number of hydrogen-bond donors (Lipinski definition) is 0. The molecule has 1 aliphatic heterocycles. The Morgan fingerprint density at radius 2 is 2.00 bits per heavy atom. The lowest BCUT2D eigenvalue weighted by atomic mass is 10.2. The molecule has 0 radical (unpaired) electrons. The van der Waals surface area contributed by atoms with E-state index in [1.54, 1.807) is 18.2 Å². The molecule has 0 N–H and O–H groups in total. The average molecular weight is 349 g/mol. The van der Waals surface area contributed by atoms with Gasteiger partial charge in [0.2, 0.25) is 5.16 Å². The van der Waals surface area contributed by atoms with E-state index in [0.29, 0.717) is 4.68 Å². The molecule has 0 spiro atoms. The van der Waals surface area contributed by atoms with Crippen LogP contribution in [0.15, 0.2) is 37.8 Å². The molecule has 0 saturated heterocycles. The minimum atomic E-state index is -4.58. The minimum absolute atomic E-state index is 0.0837. The van der Waals surface area contributed by atoms with E-state index in [4.69, 9.17) is 0 Å². The Kier molecular flexibility index (Phi) is 2.90. The predicted molar refractivity (Wildman–Crippen MR) is 66.3 cm³/mol. The molecule has 2 heterocycles. The van der Waals surface area contributed by atoms with E-state index in [0.717, 1.165) is 26.7 Å². The number of alkyl halides is 3. The van der Waals surface area contributed by atoms with Crippen molar-refractivity contribution in [3.8, 4) is 0 Å². The third-order valence-corrected chi connectivity index (χ3v) is 3.86. The number of halogens is 4. The van der Waals surface area contributed by atoms with Crippen LogP contribution >= 0.6 is 27.7 Å². The van der Waals surface area contributed by atoms with Gasteiger partial charge >= 0.3 is 6.18 Å². The van der Waals surface area contributed by atoms with Gasteiger partial charge in [0.15, 0.2) is 0 Å². The molecule has 0 amide bonds. The molecule has 0 atom stereocenters. The molecule has 3 rings (SSSR count). The van der Waals surface area contributed by atoms with E-state index < -0.39 is 12.0 Å². The van der Waals surface area contributed by atoms with E-state index in [-0.39, 0.29) is 5.16 Å². The van der Waals surface area contributed by atoms with Gasteiger partial charge < -0.3 is 0 Å². The number of benzene rings is 1. The molecule has 0 unspecified atom stereocenters. The van der Waals surface area contributed by atoms with Gasteiger partial charge in [-0.2, -0.15) is 22.9 Å². The van der Waals surface area contributed by atoms with Gasteiger partial charge in [0.1, 0.15) is 0 Å². The summed E-state index contributed by atoms with van der Waals surface area (Å²) in [5.41, 5.74) is 0.729. The largest absolute Gasteiger partial charge is 0.453 e. The highest BCUT2D eigenvalue weighted by molar-refractivity contribution is 9.10. The van der Waals surface area contributed by atoms with Crippen LogP contribution in [0.2, 0.25) is 0 Å². The SMILES string of the molecule is FC(F)(F)c1nnc2n1N=Cc1ccc(Br)cc1S2. The fraction of sp³-hybridized carbons (Fsp3) is 0.100. The molecule has 1 aromatic heterocycles. The number of fused-ring (bicyclic) bond motifs is 2. The zero-order valence-corrected chi connectivity index (χ0v) is 11.4. The van der Waals surface area contributed by atoms with Crippen LogP contribution in [0.4, 0.5) is 13.2 Å². The van der Waals surface area contributed by atoms with Crippen molar-refractivity contribution >= 4 is 33.9 Å². The number of aromatic nitrogens is 3. The van der Waals surface area contributed by atoms with Crippen molar-refractivity contribution in [2.24, 2.45) is 5.10 Å². The molecule has 0 bridgehead atoms. The van der Waals surface area contributed by atoms with Gasteiger partial charge in [0.05, 0.1) is 6.21 Å². The molecule has 0 aliphatic carbocycles. The fourth-order valence-electron chi connectivity index (χ4n) is 1.53. The van der Waals surface area contributed by atoms with Crippen LogP contribution in [0.1, 0.15) is 11.4 Å². The van der Waals surface area contributed by atoms with Crippen molar-refractivity contribution in [1.29, 1.82) is 0 Å². The van der Waals surface area contributed by atoms with Gasteiger partial charge in [0.25, 0.3) is 5.82 Å². The lowest BCUT2D eigenvalue weighted by molar-refractivity contribution is -0.147. The van der Waals surface area contributed by atoms with Crippen molar-refractivity contribution in [2.75, 3.05) is 0 Å². The summed E-state index contributed by atoms with van der Waals surface area (Å²) in [6, 6.07) is 5.36. The lowest BCUT2D eigenvalue weighted by Crippen LogP contribution is -2.12. The first-order valence-corrected chi connectivity index (χ1v) is 6.60. The van der Waals surface area contributed by atoms with Gasteiger partial charge in [0, 0.05) is 14.9 Å². The van der Waals surface area contributed by atoms with E-state index in [9.17, 15) is 13.2 Å². The number of rotatable bonds is 0. The molecule has 98 valence electrons. The molecular formula is C10H4BrF3N4S. The standard InChI is InChI=1S/C10H4BrF3N4S/c11-6-2-1-5-4-15-18-8(10(12,13)14)16-17-9(18)19-7(5)3-6/h1-4H. The lowest BCUT2D eigenvalue weighted by Gasteiger charge is -2.04. The van der Waals surface area contributed by atoms with Crippen molar-refractivity contribution in [3.63, 3.8) is 0 Å². The monoisotopic (exact) mass is 348 g/mol. The maximum atomic E-state index is 12.7. The van der Waals surface area contributed by atoms with E-state index in [1.807, 2.05) is 0 Å². The van der Waals surface area contributed by atoms with Crippen LogP contribution in [-0.2, 0) is 6.18 Å². The molecular weight excluding hydrogens is 345 g/mol. The number of hydrogen-bond acceptors (Lipinski definition) is 4. The second-order valence-corrected chi connectivity index (χ2v) is 5.57. The third-order valence-electron chi connectivity index (χ3n) is 2.35. The fourth-order valence-corrected chi connectivity index (χ4v) is 2.97. The van der Waals surface area contributed by atoms with Crippen LogP contribution in [0.5, 0.6) is 0 Å². The molecule has 9 heteroatoms. The summed E-state index contributed by atoms with van der Waals surface area (Å²) in [5, 5.41) is 10.6. The average Bonchev–Trinajstić information content (AvgIpc) is 2.63. The van der Waals surface area contributed by atoms with Gasteiger partial charge in [-0.3, -0.25) is 0 Å². The van der Waals surface area contributed by atoms with Crippen LogP contribution in [0, 0.1) is 0 Å². The summed E-state index contributed by atoms with van der Waals surface area (Å²) in [7, 11) is 0. The van der Waals surface area contributed by atoms with Gasteiger partial charge in [-0.15, -0.1) is 10.2 Å². The van der Waals surface area contributed by atoms with Crippen LogP contribution in [0.3, 0.4) is 0 Å². The Hall–Kier alpha value is -1.35. The Balaban J connectivity index is 2.13. The molecule has 0 saturated carbocycles. The summed E-state index contributed by atoms with van der Waals surface area (Å²) in [6.45, 7) is 0. The highest BCUT2D eigenvalue weighted by Gasteiger charge is 2.39. The van der Waals surface area contributed by atoms with Crippen molar-refractivity contribution in [2.45, 2.75) is 16.2 Å². The second-order valence-electron chi connectivity index (χ2n) is 3.64. The first kappa shape index (κ1) is 12.7. The van der Waals surface area contributed by atoms with Gasteiger partial charge in [-0.05, 0) is 23.9 Å². The molecule has 2 aromatic rings. The smallest absolute Gasteiger partial charge is 0.182 e. The Morgan fingerprint density at radius 3 is 2.74 bits per heavy atom. The zero-order valence-electron chi connectivity index (χ0n) is 9.02. The molecule has 0 fully saturated rings. The van der Waals surface area contributed by atoms with Crippen molar-refractivity contribution < 1.29 is 13.2 Å². The molecule has 1 aliphatic rings. The summed E-state index contributed by atoms with van der Waals surface area (Å²) < 4.78 is 39.7. The molecule has 1 aromatic carbocycles. The Bertz CT molecular complexity index is 680. The second kappa shape index (κ2) is 4.34. The van der Waals surface area contributed by atoms with Crippen molar-refractivity contribution in [1.82, 2.24) is 14.9 Å². The predicted octanol–water partition coefficient (Wildman–Crippen LogP) is 3.41. The highest BCUT2D eigenvalue weighted by atomic mass is 79.9. The summed E-state index contributed by atoms with van der Waals surface area (Å²) in [4.78, 5) is 0.762. The van der Waals surface area contributed by atoms with Crippen LogP contribution in [-0.4, -0.2) is 21.1 Å². The van der Waals surface area contributed by atoms with E-state index >= 15 is 0 Å². The summed E-state index contributed by atoms with van der Waals surface area (Å²) >= 11 is 4.40. The molecule has 4 nitrogen and oxygen atoms in total. The first-order chi connectivity index (χ1) is 8.95. The van der Waals surface area contributed by atoms with E-state index in [2.05, 4.69) is 31.2 Å². The van der Waals surface area contributed by atoms with Crippen molar-refractivity contribution in [3.05, 3.63) is 34.1 Å². The van der Waals surface area contributed by atoms with Gasteiger partial charge in [-0.25, -0.2) is 0 Å². The quantitative estimate of drug-likeness (QED) is 0.625. The highest BCUT2D eigenvalue weighted by Crippen LogP contribution is 2.36. The summed E-state index contributed by atoms with van der Waals surface area (Å²) in [6.07, 6.45) is -3.22. The summed E-state index contributed by atoms with van der Waals surface area (Å²) in [5.74, 6) is -1.13. The maximum Gasteiger partial charge on any atom is 0.453 e. The third kappa shape index (κ3) is 2.27. The maximum absolute atomic E-state index is 12.7.